The number of ether oxygens (including phenoxy) is 2. The van der Waals surface area contributed by atoms with Gasteiger partial charge in [0.2, 0.25) is 5.91 Å². The van der Waals surface area contributed by atoms with E-state index in [1.54, 1.807) is 0 Å². The molecule has 0 fully saturated rings. The van der Waals surface area contributed by atoms with Crippen molar-refractivity contribution in [2.24, 2.45) is 0 Å². The molecule has 8 nitrogen and oxygen atoms in total. The zero-order valence-corrected chi connectivity index (χ0v) is 12.1. The molecule has 0 heterocycles. The lowest BCUT2D eigenvalue weighted by molar-refractivity contribution is -0.384. The smallest absolute Gasteiger partial charge is 0.432 e. The standard InChI is InChI=1S/C11H12N2O6.C2H6/c1-8(14)12-6-7-18-11(15)19-10-4-2-9(3-5-10)13(16)17;1-2/h2-5H,6-7H2,1H3,(H,12,14);1-2H3. The van der Waals surface area contributed by atoms with E-state index in [0.717, 1.165) is 0 Å². The molecular formula is C13H18N2O6. The number of amides is 1. The van der Waals surface area contributed by atoms with Crippen molar-refractivity contribution in [3.63, 3.8) is 0 Å². The Hall–Kier alpha value is -2.64. The molecular weight excluding hydrogens is 280 g/mol. The summed E-state index contributed by atoms with van der Waals surface area (Å²) >= 11 is 0. The predicted molar refractivity (Wildman–Crippen MR) is 75.1 cm³/mol. The Balaban J connectivity index is 0.00000191. The van der Waals surface area contributed by atoms with Crippen molar-refractivity contribution in [3.05, 3.63) is 34.4 Å². The summed E-state index contributed by atoms with van der Waals surface area (Å²) in [6.45, 7) is 5.51. The average Bonchev–Trinajstić information content (AvgIpc) is 2.46. The summed E-state index contributed by atoms with van der Waals surface area (Å²) in [6, 6.07) is 4.99. The Labute approximate surface area is 122 Å². The number of carbonyl (C=O) groups excluding carboxylic acids is 2. The topological polar surface area (TPSA) is 108 Å². The van der Waals surface area contributed by atoms with Crippen LogP contribution in [0.3, 0.4) is 0 Å². The highest BCUT2D eigenvalue weighted by Gasteiger charge is 2.08. The average molecular weight is 298 g/mol. The Morgan fingerprint density at radius 1 is 1.24 bits per heavy atom. The molecule has 1 amide bonds. The molecule has 1 aromatic carbocycles. The third-order valence-corrected chi connectivity index (χ3v) is 1.94. The van der Waals surface area contributed by atoms with Gasteiger partial charge in [0.25, 0.3) is 5.69 Å². The Bertz CT molecular complexity index is 472. The SMILES string of the molecule is CC.CC(=O)NCCOC(=O)Oc1ccc([N+](=O)[O-])cc1. The zero-order chi connectivity index (χ0) is 16.3. The highest BCUT2D eigenvalue weighted by atomic mass is 16.7. The molecule has 116 valence electrons. The van der Waals surface area contributed by atoms with Gasteiger partial charge in [-0.25, -0.2) is 4.79 Å². The molecule has 21 heavy (non-hydrogen) atoms. The van der Waals surface area contributed by atoms with Crippen molar-refractivity contribution in [3.8, 4) is 5.75 Å². The molecule has 1 rings (SSSR count). The van der Waals surface area contributed by atoms with Crippen LogP contribution in [0.2, 0.25) is 0 Å². The maximum absolute atomic E-state index is 11.2. The van der Waals surface area contributed by atoms with Gasteiger partial charge in [0.1, 0.15) is 12.4 Å². The van der Waals surface area contributed by atoms with E-state index in [4.69, 9.17) is 4.74 Å². The second kappa shape index (κ2) is 10.2. The van der Waals surface area contributed by atoms with Crippen LogP contribution in [0, 0.1) is 10.1 Å². The Morgan fingerprint density at radius 3 is 2.29 bits per heavy atom. The van der Waals surface area contributed by atoms with E-state index in [9.17, 15) is 19.7 Å². The van der Waals surface area contributed by atoms with Crippen LogP contribution in [-0.4, -0.2) is 30.1 Å². The van der Waals surface area contributed by atoms with E-state index in [1.807, 2.05) is 13.8 Å². The molecule has 0 atom stereocenters. The fourth-order valence-electron chi connectivity index (χ4n) is 1.12. The number of hydrogen-bond donors (Lipinski definition) is 1. The molecule has 0 aliphatic heterocycles. The van der Waals surface area contributed by atoms with Crippen LogP contribution in [0.15, 0.2) is 24.3 Å². The van der Waals surface area contributed by atoms with Crippen molar-refractivity contribution < 1.29 is 24.0 Å². The first-order chi connectivity index (χ1) is 9.99. The number of non-ortho nitro benzene ring substituents is 1. The van der Waals surface area contributed by atoms with E-state index in [1.165, 1.54) is 31.2 Å². The highest BCUT2D eigenvalue weighted by Crippen LogP contribution is 2.17. The first kappa shape index (κ1) is 18.4. The summed E-state index contributed by atoms with van der Waals surface area (Å²) in [5.74, 6) is -0.0949. The number of hydrogen-bond acceptors (Lipinski definition) is 6. The van der Waals surface area contributed by atoms with Gasteiger partial charge < -0.3 is 14.8 Å². The number of rotatable bonds is 5. The molecule has 0 radical (unpaired) electrons. The first-order valence-electron chi connectivity index (χ1n) is 6.32. The van der Waals surface area contributed by atoms with E-state index < -0.39 is 11.1 Å². The van der Waals surface area contributed by atoms with Crippen LogP contribution in [0.5, 0.6) is 5.75 Å². The molecule has 0 aliphatic rings. The highest BCUT2D eigenvalue weighted by molar-refractivity contribution is 5.72. The second-order valence-corrected chi connectivity index (χ2v) is 3.43. The monoisotopic (exact) mass is 298 g/mol. The summed E-state index contributed by atoms with van der Waals surface area (Å²) in [6.07, 6.45) is -0.945. The van der Waals surface area contributed by atoms with Gasteiger partial charge >= 0.3 is 6.16 Å². The molecule has 0 saturated carbocycles. The minimum Gasteiger partial charge on any atom is -0.432 e. The quantitative estimate of drug-likeness (QED) is 0.294. The molecule has 0 aromatic heterocycles. The number of nitro groups is 1. The first-order valence-corrected chi connectivity index (χ1v) is 6.32. The fraction of sp³-hybridized carbons (Fsp3) is 0.385. The molecule has 0 unspecified atom stereocenters. The molecule has 0 bridgehead atoms. The van der Waals surface area contributed by atoms with Crippen LogP contribution < -0.4 is 10.1 Å². The molecule has 1 N–H and O–H groups in total. The maximum Gasteiger partial charge on any atom is 0.513 e. The van der Waals surface area contributed by atoms with E-state index >= 15 is 0 Å². The minimum atomic E-state index is -0.945. The number of benzene rings is 1. The summed E-state index contributed by atoms with van der Waals surface area (Å²) in [5, 5.41) is 12.8. The van der Waals surface area contributed by atoms with Gasteiger partial charge in [-0.1, -0.05) is 13.8 Å². The summed E-state index contributed by atoms with van der Waals surface area (Å²) < 4.78 is 9.42. The van der Waals surface area contributed by atoms with Gasteiger partial charge in [-0.15, -0.1) is 0 Å². The van der Waals surface area contributed by atoms with Crippen molar-refractivity contribution in [1.82, 2.24) is 5.32 Å². The molecule has 1 aromatic rings. The Morgan fingerprint density at radius 2 is 1.81 bits per heavy atom. The zero-order valence-electron chi connectivity index (χ0n) is 12.1. The van der Waals surface area contributed by atoms with Gasteiger partial charge in [-0.05, 0) is 12.1 Å². The third kappa shape index (κ3) is 8.19. The maximum atomic E-state index is 11.2. The number of nitrogens with one attached hydrogen (secondary N) is 1. The number of nitrogens with zero attached hydrogens (tertiary/aromatic N) is 1. The van der Waals surface area contributed by atoms with E-state index in [0.29, 0.717) is 0 Å². The van der Waals surface area contributed by atoms with Gasteiger partial charge in [0.05, 0.1) is 11.5 Å². The normalized spacial score (nSPS) is 8.90. The summed E-state index contributed by atoms with van der Waals surface area (Å²) in [5.41, 5.74) is -0.105. The van der Waals surface area contributed by atoms with Gasteiger partial charge in [-0.3, -0.25) is 14.9 Å². The minimum absolute atomic E-state index is 0.0224. The summed E-state index contributed by atoms with van der Waals surface area (Å²) in [7, 11) is 0. The second-order valence-electron chi connectivity index (χ2n) is 3.43. The Kier molecular flexibility index (Phi) is 8.90. The number of nitro benzene ring substituents is 1. The number of carbonyl (C=O) groups is 2. The largest absolute Gasteiger partial charge is 0.513 e. The van der Waals surface area contributed by atoms with E-state index in [-0.39, 0.29) is 30.5 Å². The van der Waals surface area contributed by atoms with Crippen LogP contribution in [0.4, 0.5) is 10.5 Å². The fourth-order valence-corrected chi connectivity index (χ4v) is 1.12. The van der Waals surface area contributed by atoms with Crippen molar-refractivity contribution in [2.45, 2.75) is 20.8 Å². The third-order valence-electron chi connectivity index (χ3n) is 1.94. The van der Waals surface area contributed by atoms with Crippen molar-refractivity contribution in [2.75, 3.05) is 13.2 Å². The van der Waals surface area contributed by atoms with Gasteiger partial charge in [0.15, 0.2) is 0 Å². The lowest BCUT2D eigenvalue weighted by atomic mass is 10.3. The van der Waals surface area contributed by atoms with Crippen LogP contribution in [0.1, 0.15) is 20.8 Å². The van der Waals surface area contributed by atoms with E-state index in [2.05, 4.69) is 10.1 Å². The van der Waals surface area contributed by atoms with Crippen LogP contribution in [-0.2, 0) is 9.53 Å². The van der Waals surface area contributed by atoms with Gasteiger partial charge in [0, 0.05) is 19.1 Å². The summed E-state index contributed by atoms with van der Waals surface area (Å²) in [4.78, 5) is 31.6. The van der Waals surface area contributed by atoms with Crippen molar-refractivity contribution >= 4 is 17.7 Å². The molecule has 0 aliphatic carbocycles. The lowest BCUT2D eigenvalue weighted by Gasteiger charge is -2.05. The predicted octanol–water partition coefficient (Wildman–Crippen LogP) is 2.27. The lowest BCUT2D eigenvalue weighted by Crippen LogP contribution is -2.26. The van der Waals surface area contributed by atoms with Crippen LogP contribution in [0.25, 0.3) is 0 Å². The molecule has 0 spiro atoms. The molecule has 0 saturated heterocycles. The van der Waals surface area contributed by atoms with Gasteiger partial charge in [-0.2, -0.15) is 0 Å². The van der Waals surface area contributed by atoms with Crippen molar-refractivity contribution in [1.29, 1.82) is 0 Å². The molecule has 8 heteroatoms. The van der Waals surface area contributed by atoms with Crippen LogP contribution >= 0.6 is 0 Å².